The maximum absolute atomic E-state index is 12.2. The zero-order valence-electron chi connectivity index (χ0n) is 14.4. The molecule has 1 aromatic carbocycles. The first-order valence-electron chi connectivity index (χ1n) is 8.00. The Balaban J connectivity index is 1.97. The highest BCUT2D eigenvalue weighted by molar-refractivity contribution is 5.92. The zero-order valence-corrected chi connectivity index (χ0v) is 14.4. The third-order valence-electron chi connectivity index (χ3n) is 3.48. The van der Waals surface area contributed by atoms with Gasteiger partial charge in [0.05, 0.1) is 0 Å². The van der Waals surface area contributed by atoms with Crippen molar-refractivity contribution in [1.82, 2.24) is 15.3 Å². The first kappa shape index (κ1) is 17.9. The molecule has 1 heterocycles. The van der Waals surface area contributed by atoms with Crippen LogP contribution in [0.4, 0.5) is 5.82 Å². The van der Waals surface area contributed by atoms with Crippen molar-refractivity contribution in [3.63, 3.8) is 0 Å². The molecule has 0 atom stereocenters. The van der Waals surface area contributed by atoms with E-state index in [-0.39, 0.29) is 5.91 Å². The van der Waals surface area contributed by atoms with Crippen molar-refractivity contribution in [2.75, 3.05) is 25.6 Å². The number of carbonyl (C=O) groups excluding carboxylic acids is 1. The van der Waals surface area contributed by atoms with Crippen molar-refractivity contribution < 1.29 is 9.53 Å². The van der Waals surface area contributed by atoms with E-state index in [4.69, 9.17) is 4.74 Å². The summed E-state index contributed by atoms with van der Waals surface area (Å²) in [5.41, 5.74) is 2.75. The van der Waals surface area contributed by atoms with E-state index in [1.165, 1.54) is 5.56 Å². The number of rotatable bonds is 8. The van der Waals surface area contributed by atoms with E-state index in [0.29, 0.717) is 37.0 Å². The zero-order chi connectivity index (χ0) is 17.4. The van der Waals surface area contributed by atoms with Crippen LogP contribution < -0.4 is 10.6 Å². The normalized spacial score (nSPS) is 10.5. The van der Waals surface area contributed by atoms with Crippen LogP contribution in [0.15, 0.2) is 30.3 Å². The molecule has 6 nitrogen and oxygen atoms in total. The van der Waals surface area contributed by atoms with Gasteiger partial charge in [-0.2, -0.15) is 0 Å². The number of amides is 1. The number of hydrogen-bond acceptors (Lipinski definition) is 5. The van der Waals surface area contributed by atoms with Crippen LogP contribution in [0.3, 0.4) is 0 Å². The molecule has 128 valence electrons. The van der Waals surface area contributed by atoms with Gasteiger partial charge in [0.25, 0.3) is 5.91 Å². The van der Waals surface area contributed by atoms with Crippen LogP contribution in [0.5, 0.6) is 0 Å². The topological polar surface area (TPSA) is 76.1 Å². The third kappa shape index (κ3) is 5.62. The summed E-state index contributed by atoms with van der Waals surface area (Å²) in [5, 5.41) is 6.07. The highest BCUT2D eigenvalue weighted by atomic mass is 16.5. The van der Waals surface area contributed by atoms with Gasteiger partial charge in [0.15, 0.2) is 0 Å². The van der Waals surface area contributed by atoms with Gasteiger partial charge in [-0.3, -0.25) is 4.79 Å². The van der Waals surface area contributed by atoms with Crippen molar-refractivity contribution in [2.24, 2.45) is 0 Å². The number of nitrogens with one attached hydrogen (secondary N) is 2. The lowest BCUT2D eigenvalue weighted by Crippen LogP contribution is -2.26. The van der Waals surface area contributed by atoms with Crippen molar-refractivity contribution in [1.29, 1.82) is 0 Å². The lowest BCUT2D eigenvalue weighted by molar-refractivity contribution is 0.0943. The van der Waals surface area contributed by atoms with Crippen molar-refractivity contribution >= 4 is 11.7 Å². The average molecular weight is 328 g/mol. The van der Waals surface area contributed by atoms with Gasteiger partial charge >= 0.3 is 0 Å². The lowest BCUT2D eigenvalue weighted by Gasteiger charge is -2.09. The first-order chi connectivity index (χ1) is 11.6. The Hall–Kier alpha value is -2.47. The van der Waals surface area contributed by atoms with Gasteiger partial charge in [0.2, 0.25) is 0 Å². The van der Waals surface area contributed by atoms with Crippen LogP contribution in [-0.4, -0.2) is 36.1 Å². The molecular weight excluding hydrogens is 304 g/mol. The first-order valence-corrected chi connectivity index (χ1v) is 8.00. The van der Waals surface area contributed by atoms with Crippen LogP contribution in [0, 0.1) is 13.8 Å². The predicted octanol–water partition coefficient (Wildman–Crippen LogP) is 2.47. The molecule has 0 aliphatic heterocycles. The van der Waals surface area contributed by atoms with Crippen LogP contribution in [0.2, 0.25) is 0 Å². The molecule has 1 aromatic heterocycles. The molecule has 0 bridgehead atoms. The quantitative estimate of drug-likeness (QED) is 0.728. The Morgan fingerprint density at radius 3 is 2.62 bits per heavy atom. The molecule has 2 N–H and O–H groups in total. The number of aryl methyl sites for hydroxylation is 2. The molecule has 0 spiro atoms. The Labute approximate surface area is 142 Å². The second-order valence-electron chi connectivity index (χ2n) is 5.63. The average Bonchev–Trinajstić information content (AvgIpc) is 2.57. The SMILES string of the molecule is COCCCNC(=O)c1cc(NCc2ccc(C)cc2)nc(C)n1. The van der Waals surface area contributed by atoms with E-state index in [1.54, 1.807) is 20.1 Å². The summed E-state index contributed by atoms with van der Waals surface area (Å²) in [7, 11) is 1.64. The third-order valence-corrected chi connectivity index (χ3v) is 3.48. The summed E-state index contributed by atoms with van der Waals surface area (Å²) < 4.78 is 4.96. The number of aromatic nitrogens is 2. The highest BCUT2D eigenvalue weighted by Crippen LogP contribution is 2.10. The molecule has 0 radical (unpaired) electrons. The number of nitrogens with zero attached hydrogens (tertiary/aromatic N) is 2. The van der Waals surface area contributed by atoms with E-state index in [0.717, 1.165) is 12.0 Å². The van der Waals surface area contributed by atoms with Crippen molar-refractivity contribution in [3.05, 3.63) is 53.0 Å². The van der Waals surface area contributed by atoms with Gasteiger partial charge in [0, 0.05) is 32.9 Å². The van der Waals surface area contributed by atoms with Crippen molar-refractivity contribution in [3.8, 4) is 0 Å². The largest absolute Gasteiger partial charge is 0.385 e. The highest BCUT2D eigenvalue weighted by Gasteiger charge is 2.10. The van der Waals surface area contributed by atoms with Crippen LogP contribution >= 0.6 is 0 Å². The van der Waals surface area contributed by atoms with Crippen LogP contribution in [0.1, 0.15) is 33.9 Å². The molecule has 1 amide bonds. The van der Waals surface area contributed by atoms with Gasteiger partial charge in [-0.05, 0) is 25.8 Å². The van der Waals surface area contributed by atoms with Gasteiger partial charge in [-0.15, -0.1) is 0 Å². The van der Waals surface area contributed by atoms with E-state index in [2.05, 4.69) is 51.8 Å². The monoisotopic (exact) mass is 328 g/mol. The maximum Gasteiger partial charge on any atom is 0.270 e. The molecule has 0 aliphatic carbocycles. The minimum atomic E-state index is -0.199. The fourth-order valence-corrected chi connectivity index (χ4v) is 2.18. The van der Waals surface area contributed by atoms with Crippen LogP contribution in [0.25, 0.3) is 0 Å². The number of carbonyl (C=O) groups is 1. The number of benzene rings is 1. The minimum absolute atomic E-state index is 0.199. The Kier molecular flexibility index (Phi) is 6.69. The van der Waals surface area contributed by atoms with E-state index >= 15 is 0 Å². The molecule has 0 aliphatic rings. The standard InChI is InChI=1S/C18H24N4O2/c1-13-5-7-15(8-6-13)12-20-17-11-16(21-14(2)22-17)18(23)19-9-4-10-24-3/h5-8,11H,4,9-10,12H2,1-3H3,(H,19,23)(H,20,21,22). The summed E-state index contributed by atoms with van der Waals surface area (Å²) in [5.74, 6) is 1.01. The number of hydrogen-bond donors (Lipinski definition) is 2. The molecular formula is C18H24N4O2. The Morgan fingerprint density at radius 2 is 1.92 bits per heavy atom. The van der Waals surface area contributed by atoms with E-state index in [1.807, 2.05) is 0 Å². The van der Waals surface area contributed by atoms with E-state index < -0.39 is 0 Å². The molecule has 6 heteroatoms. The summed E-state index contributed by atoms with van der Waals surface area (Å²) in [4.78, 5) is 20.7. The minimum Gasteiger partial charge on any atom is -0.385 e. The predicted molar refractivity (Wildman–Crippen MR) is 94.1 cm³/mol. The number of ether oxygens (including phenoxy) is 1. The smallest absolute Gasteiger partial charge is 0.270 e. The van der Waals surface area contributed by atoms with Gasteiger partial charge in [0.1, 0.15) is 17.3 Å². The van der Waals surface area contributed by atoms with Crippen molar-refractivity contribution in [2.45, 2.75) is 26.8 Å². The fraction of sp³-hybridized carbons (Fsp3) is 0.389. The molecule has 0 saturated heterocycles. The second-order valence-corrected chi connectivity index (χ2v) is 5.63. The molecule has 0 saturated carbocycles. The molecule has 2 aromatic rings. The van der Waals surface area contributed by atoms with Crippen LogP contribution in [-0.2, 0) is 11.3 Å². The summed E-state index contributed by atoms with van der Waals surface area (Å²) in [6.07, 6.45) is 0.769. The lowest BCUT2D eigenvalue weighted by atomic mass is 10.1. The second kappa shape index (κ2) is 8.98. The molecule has 2 rings (SSSR count). The Bertz CT molecular complexity index is 671. The van der Waals surface area contributed by atoms with Gasteiger partial charge in [-0.25, -0.2) is 9.97 Å². The Morgan fingerprint density at radius 1 is 1.17 bits per heavy atom. The summed E-state index contributed by atoms with van der Waals surface area (Å²) in [6.45, 7) is 5.65. The maximum atomic E-state index is 12.2. The summed E-state index contributed by atoms with van der Waals surface area (Å²) in [6, 6.07) is 9.95. The van der Waals surface area contributed by atoms with Gasteiger partial charge in [-0.1, -0.05) is 29.8 Å². The summed E-state index contributed by atoms with van der Waals surface area (Å²) >= 11 is 0. The number of anilines is 1. The van der Waals surface area contributed by atoms with Gasteiger partial charge < -0.3 is 15.4 Å². The number of methoxy groups -OCH3 is 1. The molecule has 24 heavy (non-hydrogen) atoms. The molecule has 0 unspecified atom stereocenters. The molecule has 0 fully saturated rings. The fourth-order valence-electron chi connectivity index (χ4n) is 2.18. The van der Waals surface area contributed by atoms with E-state index in [9.17, 15) is 4.79 Å².